The van der Waals surface area contributed by atoms with Gasteiger partial charge in [0.1, 0.15) is 18.1 Å². The number of unbranched alkanes of at least 4 members (excludes halogenated alkanes) is 1. The minimum atomic E-state index is -1.18. The van der Waals surface area contributed by atoms with Crippen LogP contribution in [0.25, 0.3) is 10.9 Å². The van der Waals surface area contributed by atoms with Gasteiger partial charge in [-0.2, -0.15) is 0 Å². The van der Waals surface area contributed by atoms with Crippen LogP contribution in [0.2, 0.25) is 0 Å². The van der Waals surface area contributed by atoms with Crippen LogP contribution in [-0.4, -0.2) is 77.0 Å². The predicted octanol–water partition coefficient (Wildman–Crippen LogP) is -0.585. The van der Waals surface area contributed by atoms with Crippen molar-refractivity contribution in [2.45, 2.75) is 76.5 Å². The summed E-state index contributed by atoms with van der Waals surface area (Å²) in [5.74, 6) is -3.40. The van der Waals surface area contributed by atoms with Crippen molar-refractivity contribution in [3.8, 4) is 0 Å². The van der Waals surface area contributed by atoms with Gasteiger partial charge in [-0.25, -0.2) is 4.79 Å². The Morgan fingerprint density at radius 3 is 2.24 bits per heavy atom. The van der Waals surface area contributed by atoms with Crippen molar-refractivity contribution in [2.24, 2.45) is 33.8 Å². The molecule has 0 radical (unpaired) electrons. The van der Waals surface area contributed by atoms with Crippen LogP contribution in [0, 0.1) is 5.92 Å². The van der Waals surface area contributed by atoms with Crippen LogP contribution in [0.5, 0.6) is 0 Å². The van der Waals surface area contributed by atoms with Crippen LogP contribution in [0.15, 0.2) is 35.5 Å². The van der Waals surface area contributed by atoms with Crippen molar-refractivity contribution in [1.82, 2.24) is 20.9 Å². The molecule has 0 saturated carbocycles. The zero-order valence-electron chi connectivity index (χ0n) is 24.3. The highest BCUT2D eigenvalue weighted by Gasteiger charge is 2.31. The molecule has 42 heavy (non-hydrogen) atoms. The Morgan fingerprint density at radius 2 is 1.60 bits per heavy atom. The van der Waals surface area contributed by atoms with Gasteiger partial charge in [-0.3, -0.25) is 19.4 Å². The molecule has 3 amide bonds. The number of hydrogen-bond donors (Lipinski definition) is 9. The quantitative estimate of drug-likeness (QED) is 0.0613. The average molecular weight is 588 g/mol. The van der Waals surface area contributed by atoms with Crippen molar-refractivity contribution >= 4 is 40.6 Å². The van der Waals surface area contributed by atoms with Crippen LogP contribution in [0.3, 0.4) is 0 Å². The first-order valence-corrected chi connectivity index (χ1v) is 14.1. The fourth-order valence-corrected chi connectivity index (χ4v) is 4.46. The number of nitrogens with one attached hydrogen (secondary N) is 4. The maximum absolute atomic E-state index is 13.7. The molecule has 0 aliphatic rings. The molecule has 0 bridgehead atoms. The van der Waals surface area contributed by atoms with Gasteiger partial charge in [-0.05, 0) is 56.2 Å². The number of nitrogens with zero attached hydrogens (tertiary/aromatic N) is 1. The molecule has 4 unspecified atom stereocenters. The lowest BCUT2D eigenvalue weighted by molar-refractivity contribution is -0.143. The number of H-pyrrole nitrogens is 1. The summed E-state index contributed by atoms with van der Waals surface area (Å²) >= 11 is 0. The maximum atomic E-state index is 13.7. The second-order valence-electron chi connectivity index (χ2n) is 10.6. The molecule has 14 heteroatoms. The standard InChI is InChI=1S/C28H45N9O5/c1-16(2)23(27(41)42)37-25(39)21(11-5-6-12-29)35-26(40)22(14-17-15-34-20-10-4-3-8-18(17)20)36-24(38)19(30)9-7-13-33-28(31)32/h3-4,8,10,15-16,19,21-23,34H,5-7,9,11-14,29-30H2,1-2H3,(H,35,40)(H,36,38)(H,37,39)(H,41,42)(H4,31,32,33). The number of aromatic nitrogens is 1. The normalized spacial score (nSPS) is 14.0. The third kappa shape index (κ3) is 10.7. The average Bonchev–Trinajstić information content (AvgIpc) is 3.35. The molecule has 0 aliphatic carbocycles. The summed E-state index contributed by atoms with van der Waals surface area (Å²) in [4.78, 5) is 58.6. The molecule has 0 spiro atoms. The number of carbonyl (C=O) groups excluding carboxylic acids is 3. The van der Waals surface area contributed by atoms with Gasteiger partial charge < -0.3 is 49.0 Å². The first-order valence-electron chi connectivity index (χ1n) is 14.1. The molecule has 4 atom stereocenters. The first kappa shape index (κ1) is 34.0. The van der Waals surface area contributed by atoms with Gasteiger partial charge in [0.05, 0.1) is 6.04 Å². The number of benzene rings is 1. The SMILES string of the molecule is CC(C)C(NC(=O)C(CCCCN)NC(=O)C(Cc1c[nH]c2ccccc12)NC(=O)C(N)CCCN=C(N)N)C(=O)O. The number of carbonyl (C=O) groups is 4. The fraction of sp³-hybridized carbons (Fsp3) is 0.536. The summed E-state index contributed by atoms with van der Waals surface area (Å²) in [6, 6.07) is 3.35. The van der Waals surface area contributed by atoms with Crippen LogP contribution < -0.4 is 38.9 Å². The Kier molecular flexibility index (Phi) is 13.7. The van der Waals surface area contributed by atoms with Gasteiger partial charge >= 0.3 is 5.97 Å². The number of carboxylic acids is 1. The van der Waals surface area contributed by atoms with Gasteiger partial charge in [-0.15, -0.1) is 0 Å². The summed E-state index contributed by atoms with van der Waals surface area (Å²) in [6.45, 7) is 4.05. The van der Waals surface area contributed by atoms with Crippen LogP contribution in [-0.2, 0) is 25.6 Å². The minimum absolute atomic E-state index is 0.0587. The molecular formula is C28H45N9O5. The Morgan fingerprint density at radius 1 is 0.929 bits per heavy atom. The molecule has 13 N–H and O–H groups in total. The summed E-state index contributed by atoms with van der Waals surface area (Å²) in [7, 11) is 0. The number of fused-ring (bicyclic) bond motifs is 1. The van der Waals surface area contributed by atoms with E-state index in [9.17, 15) is 24.3 Å². The molecule has 1 heterocycles. The lowest BCUT2D eigenvalue weighted by atomic mass is 10.0. The maximum Gasteiger partial charge on any atom is 0.326 e. The Hall–Kier alpha value is -4.17. The van der Waals surface area contributed by atoms with Gasteiger partial charge in [0.2, 0.25) is 17.7 Å². The molecule has 0 aliphatic heterocycles. The molecule has 1 aromatic carbocycles. The minimum Gasteiger partial charge on any atom is -0.480 e. The van der Waals surface area contributed by atoms with Gasteiger partial charge in [-0.1, -0.05) is 32.0 Å². The third-order valence-electron chi connectivity index (χ3n) is 6.85. The van der Waals surface area contributed by atoms with Crippen molar-refractivity contribution < 1.29 is 24.3 Å². The topological polar surface area (TPSA) is 257 Å². The number of aromatic amines is 1. The first-order chi connectivity index (χ1) is 19.9. The largest absolute Gasteiger partial charge is 0.480 e. The van der Waals surface area contributed by atoms with E-state index in [1.165, 1.54) is 0 Å². The Balaban J connectivity index is 2.27. The van der Waals surface area contributed by atoms with Gasteiger partial charge in [0.25, 0.3) is 0 Å². The highest BCUT2D eigenvalue weighted by atomic mass is 16.4. The van der Waals surface area contributed by atoms with E-state index in [-0.39, 0.29) is 31.1 Å². The predicted molar refractivity (Wildman–Crippen MR) is 161 cm³/mol. The van der Waals surface area contributed by atoms with Crippen molar-refractivity contribution in [1.29, 1.82) is 0 Å². The number of amides is 3. The summed E-state index contributed by atoms with van der Waals surface area (Å²) < 4.78 is 0. The zero-order valence-corrected chi connectivity index (χ0v) is 24.3. The smallest absolute Gasteiger partial charge is 0.326 e. The Labute approximate surface area is 245 Å². The number of rotatable bonds is 18. The Bertz CT molecular complexity index is 1230. The summed E-state index contributed by atoms with van der Waals surface area (Å²) in [6.07, 6.45) is 3.97. The third-order valence-corrected chi connectivity index (χ3v) is 6.85. The lowest BCUT2D eigenvalue weighted by Gasteiger charge is -2.26. The van der Waals surface area contributed by atoms with E-state index in [4.69, 9.17) is 22.9 Å². The van der Waals surface area contributed by atoms with Crippen molar-refractivity contribution in [2.75, 3.05) is 13.1 Å². The second kappa shape index (κ2) is 16.9. The van der Waals surface area contributed by atoms with Crippen LogP contribution >= 0.6 is 0 Å². The van der Waals surface area contributed by atoms with E-state index >= 15 is 0 Å². The van der Waals surface area contributed by atoms with Crippen LogP contribution in [0.1, 0.15) is 51.5 Å². The molecule has 14 nitrogen and oxygen atoms in total. The van der Waals surface area contributed by atoms with Gasteiger partial charge in [0, 0.05) is 30.1 Å². The molecule has 2 aromatic rings. The van der Waals surface area contributed by atoms with E-state index in [1.54, 1.807) is 20.0 Å². The molecule has 1 aromatic heterocycles. The monoisotopic (exact) mass is 587 g/mol. The molecule has 0 fully saturated rings. The molecule has 232 valence electrons. The van der Waals surface area contributed by atoms with E-state index in [0.717, 1.165) is 16.5 Å². The highest BCUT2D eigenvalue weighted by Crippen LogP contribution is 2.19. The van der Waals surface area contributed by atoms with Crippen molar-refractivity contribution in [3.05, 3.63) is 36.0 Å². The fourth-order valence-electron chi connectivity index (χ4n) is 4.46. The summed E-state index contributed by atoms with van der Waals surface area (Å²) in [5.41, 5.74) is 24.0. The van der Waals surface area contributed by atoms with Crippen molar-refractivity contribution in [3.63, 3.8) is 0 Å². The number of aliphatic imine (C=N–C) groups is 1. The molecular weight excluding hydrogens is 542 g/mol. The van der Waals surface area contributed by atoms with E-state index < -0.39 is 47.9 Å². The number of hydrogen-bond acceptors (Lipinski definition) is 7. The van der Waals surface area contributed by atoms with E-state index in [2.05, 4.69) is 25.9 Å². The number of guanidine groups is 1. The van der Waals surface area contributed by atoms with Gasteiger partial charge in [0.15, 0.2) is 5.96 Å². The number of para-hydroxylation sites is 1. The molecule has 2 rings (SSSR count). The van der Waals surface area contributed by atoms with E-state index in [1.807, 2.05) is 24.3 Å². The second-order valence-corrected chi connectivity index (χ2v) is 10.6. The lowest BCUT2D eigenvalue weighted by Crippen LogP contribution is -2.58. The summed E-state index contributed by atoms with van der Waals surface area (Å²) in [5, 5.41) is 18.4. The van der Waals surface area contributed by atoms with E-state index in [0.29, 0.717) is 32.4 Å². The number of carboxylic acid groups (broad SMARTS) is 1. The number of nitrogens with two attached hydrogens (primary N) is 4. The highest BCUT2D eigenvalue weighted by molar-refractivity contribution is 5.95. The number of aliphatic carboxylic acids is 1. The van der Waals surface area contributed by atoms with Crippen LogP contribution in [0.4, 0.5) is 0 Å². The zero-order chi connectivity index (χ0) is 31.2. The molecule has 0 saturated heterocycles.